The fourth-order valence-electron chi connectivity index (χ4n) is 6.59. The third-order valence-corrected chi connectivity index (χ3v) is 10.1. The molecule has 0 aromatic carbocycles. The van der Waals surface area contributed by atoms with Crippen molar-refractivity contribution in [3.05, 3.63) is 36.5 Å². The van der Waals surface area contributed by atoms with Crippen LogP contribution in [0.4, 0.5) is 0 Å². The molecule has 5 heteroatoms. The average molecular weight is 759 g/mol. The summed E-state index contributed by atoms with van der Waals surface area (Å²) in [7, 11) is 0. The first-order chi connectivity index (χ1) is 26.6. The lowest BCUT2D eigenvalue weighted by molar-refractivity contribution is -0.163. The smallest absolute Gasteiger partial charge is 0.306 e. The van der Waals surface area contributed by atoms with Crippen LogP contribution in [0.25, 0.3) is 0 Å². The molecular formula is C49H90O5. The zero-order valence-corrected chi connectivity index (χ0v) is 36.2. The van der Waals surface area contributed by atoms with E-state index in [1.807, 2.05) is 0 Å². The van der Waals surface area contributed by atoms with Gasteiger partial charge >= 0.3 is 11.9 Å². The van der Waals surface area contributed by atoms with Crippen LogP contribution < -0.4 is 0 Å². The first-order valence-electron chi connectivity index (χ1n) is 23.5. The van der Waals surface area contributed by atoms with E-state index < -0.39 is 6.10 Å². The molecule has 0 rings (SSSR count). The number of carbonyl (C=O) groups is 2. The fourth-order valence-corrected chi connectivity index (χ4v) is 6.59. The van der Waals surface area contributed by atoms with Crippen molar-refractivity contribution >= 4 is 11.9 Å². The maximum Gasteiger partial charge on any atom is 0.306 e. The second kappa shape index (κ2) is 45.5. The summed E-state index contributed by atoms with van der Waals surface area (Å²) in [6.07, 6.45) is 52.8. The first-order valence-corrected chi connectivity index (χ1v) is 23.5. The van der Waals surface area contributed by atoms with Gasteiger partial charge in [0.15, 0.2) is 6.10 Å². The summed E-state index contributed by atoms with van der Waals surface area (Å²) in [6, 6.07) is 0. The van der Waals surface area contributed by atoms with Crippen molar-refractivity contribution in [1.82, 2.24) is 0 Å². The summed E-state index contributed by atoms with van der Waals surface area (Å²) in [5.74, 6) is -0.409. The Balaban J connectivity index is 4.26. The summed E-state index contributed by atoms with van der Waals surface area (Å²) < 4.78 is 17.3. The molecule has 0 aliphatic rings. The van der Waals surface area contributed by atoms with Gasteiger partial charge in [0.1, 0.15) is 6.61 Å². The molecule has 1 atom stereocenters. The Morgan fingerprint density at radius 3 is 1.37 bits per heavy atom. The van der Waals surface area contributed by atoms with Crippen LogP contribution in [-0.4, -0.2) is 37.9 Å². The summed E-state index contributed by atoms with van der Waals surface area (Å²) in [6.45, 7) is 7.73. The molecule has 316 valence electrons. The van der Waals surface area contributed by atoms with E-state index >= 15 is 0 Å². The van der Waals surface area contributed by atoms with Crippen LogP contribution in [0.2, 0.25) is 0 Å². The van der Waals surface area contributed by atoms with E-state index in [-0.39, 0.29) is 25.2 Å². The minimum Gasteiger partial charge on any atom is -0.462 e. The molecule has 0 fully saturated rings. The van der Waals surface area contributed by atoms with E-state index in [0.29, 0.717) is 19.4 Å². The van der Waals surface area contributed by atoms with Crippen molar-refractivity contribution in [2.24, 2.45) is 0 Å². The molecule has 1 unspecified atom stereocenters. The molecule has 0 saturated heterocycles. The molecule has 0 spiro atoms. The number of rotatable bonds is 43. The van der Waals surface area contributed by atoms with Crippen LogP contribution >= 0.6 is 0 Å². The third kappa shape index (κ3) is 42.9. The Bertz CT molecular complexity index is 862. The summed E-state index contributed by atoms with van der Waals surface area (Å²) in [4.78, 5) is 25.2. The number of ether oxygens (including phenoxy) is 3. The van der Waals surface area contributed by atoms with Gasteiger partial charge in [0.05, 0.1) is 6.61 Å². The van der Waals surface area contributed by atoms with Crippen LogP contribution in [0.3, 0.4) is 0 Å². The molecule has 0 aromatic rings. The highest BCUT2D eigenvalue weighted by Gasteiger charge is 2.17. The number of allylic oxidation sites excluding steroid dienone is 6. The molecule has 54 heavy (non-hydrogen) atoms. The maximum absolute atomic E-state index is 12.7. The molecule has 0 radical (unpaired) electrons. The first kappa shape index (κ1) is 52.1. The van der Waals surface area contributed by atoms with Crippen molar-refractivity contribution in [1.29, 1.82) is 0 Å². The van der Waals surface area contributed by atoms with Crippen molar-refractivity contribution in [2.45, 2.75) is 245 Å². The van der Waals surface area contributed by atoms with Crippen LogP contribution in [0.15, 0.2) is 36.5 Å². The molecule has 0 aliphatic heterocycles. The highest BCUT2D eigenvalue weighted by atomic mass is 16.6. The molecule has 0 N–H and O–H groups in total. The monoisotopic (exact) mass is 759 g/mol. The molecule has 0 aliphatic carbocycles. The van der Waals surface area contributed by atoms with Crippen molar-refractivity contribution in [3.8, 4) is 0 Å². The van der Waals surface area contributed by atoms with Gasteiger partial charge in [0.2, 0.25) is 0 Å². The van der Waals surface area contributed by atoms with Gasteiger partial charge in [-0.25, -0.2) is 0 Å². The Kier molecular flexibility index (Phi) is 43.9. The van der Waals surface area contributed by atoms with Crippen LogP contribution in [-0.2, 0) is 23.8 Å². The molecule has 0 bridgehead atoms. The van der Waals surface area contributed by atoms with Crippen molar-refractivity contribution in [3.63, 3.8) is 0 Å². The number of hydrogen-bond acceptors (Lipinski definition) is 5. The number of unbranched alkanes of at least 4 members (excludes halogenated alkanes) is 26. The van der Waals surface area contributed by atoms with E-state index in [1.54, 1.807) is 0 Å². The van der Waals surface area contributed by atoms with Gasteiger partial charge in [-0.3, -0.25) is 9.59 Å². The van der Waals surface area contributed by atoms with Gasteiger partial charge in [-0.05, 0) is 64.2 Å². The molecule has 0 heterocycles. The van der Waals surface area contributed by atoms with Gasteiger partial charge < -0.3 is 14.2 Å². The Hall–Kier alpha value is -1.88. The third-order valence-electron chi connectivity index (χ3n) is 10.1. The lowest BCUT2D eigenvalue weighted by Gasteiger charge is -2.18. The van der Waals surface area contributed by atoms with E-state index in [4.69, 9.17) is 14.2 Å². The van der Waals surface area contributed by atoms with Gasteiger partial charge in [-0.15, -0.1) is 0 Å². The number of carbonyl (C=O) groups excluding carboxylic acids is 2. The van der Waals surface area contributed by atoms with E-state index in [0.717, 1.165) is 57.8 Å². The van der Waals surface area contributed by atoms with Crippen molar-refractivity contribution < 1.29 is 23.8 Å². The summed E-state index contributed by atoms with van der Waals surface area (Å²) >= 11 is 0. The SMILES string of the molecule is CCC/C=C\C/C=C\CCCCCCCC(=O)OCC(COCCCCCCCC/C=C\CCCC)OC(=O)CCCCCCCCCCCCCCC. The lowest BCUT2D eigenvalue weighted by Crippen LogP contribution is -2.30. The minimum atomic E-state index is -0.538. The highest BCUT2D eigenvalue weighted by molar-refractivity contribution is 5.70. The minimum absolute atomic E-state index is 0.0794. The second-order valence-corrected chi connectivity index (χ2v) is 15.7. The Morgan fingerprint density at radius 1 is 0.407 bits per heavy atom. The Labute approximate surface area is 336 Å². The quantitative estimate of drug-likeness (QED) is 0.0352. The molecule has 5 nitrogen and oxygen atoms in total. The highest BCUT2D eigenvalue weighted by Crippen LogP contribution is 2.14. The zero-order chi connectivity index (χ0) is 39.3. The van der Waals surface area contributed by atoms with Crippen LogP contribution in [0, 0.1) is 0 Å². The predicted octanol–water partition coefficient (Wildman–Crippen LogP) is 15.4. The van der Waals surface area contributed by atoms with E-state index in [2.05, 4.69) is 57.2 Å². The molecule has 0 amide bonds. The standard InChI is InChI=1S/C49H90O5/c1-4-7-10-13-16-19-22-25-27-30-33-36-39-42-48(50)53-46-47(45-52-44-41-38-35-32-29-24-21-18-15-12-9-6-3)54-49(51)43-40-37-34-31-28-26-23-20-17-14-11-8-5-2/h10,13,15,18-19,22,47H,4-9,11-12,14,16-17,20-21,23-46H2,1-3H3/b13-10-,18-15-,22-19-. The van der Waals surface area contributed by atoms with Gasteiger partial charge in [0, 0.05) is 19.4 Å². The molecular weight excluding hydrogens is 669 g/mol. The second-order valence-electron chi connectivity index (χ2n) is 15.7. The van der Waals surface area contributed by atoms with Crippen molar-refractivity contribution in [2.75, 3.05) is 19.8 Å². The van der Waals surface area contributed by atoms with Gasteiger partial charge in [0.25, 0.3) is 0 Å². The van der Waals surface area contributed by atoms with Crippen LogP contribution in [0.1, 0.15) is 239 Å². The predicted molar refractivity (Wildman–Crippen MR) is 233 cm³/mol. The number of esters is 2. The Morgan fingerprint density at radius 2 is 0.833 bits per heavy atom. The zero-order valence-electron chi connectivity index (χ0n) is 36.2. The molecule has 0 aromatic heterocycles. The van der Waals surface area contributed by atoms with Gasteiger partial charge in [-0.1, -0.05) is 198 Å². The van der Waals surface area contributed by atoms with E-state index in [9.17, 15) is 9.59 Å². The maximum atomic E-state index is 12.7. The lowest BCUT2D eigenvalue weighted by atomic mass is 10.0. The average Bonchev–Trinajstić information content (AvgIpc) is 3.17. The largest absolute Gasteiger partial charge is 0.462 e. The normalized spacial score (nSPS) is 12.4. The topological polar surface area (TPSA) is 61.8 Å². The van der Waals surface area contributed by atoms with Gasteiger partial charge in [-0.2, -0.15) is 0 Å². The fraction of sp³-hybridized carbons (Fsp3) is 0.837. The van der Waals surface area contributed by atoms with E-state index in [1.165, 1.54) is 148 Å². The molecule has 0 saturated carbocycles. The number of hydrogen-bond donors (Lipinski definition) is 0. The summed E-state index contributed by atoms with van der Waals surface area (Å²) in [5, 5.41) is 0. The van der Waals surface area contributed by atoms with Crippen LogP contribution in [0.5, 0.6) is 0 Å². The summed E-state index contributed by atoms with van der Waals surface area (Å²) in [5.41, 5.74) is 0.